The summed E-state index contributed by atoms with van der Waals surface area (Å²) in [6.45, 7) is 4.71. The Kier molecular flexibility index (Phi) is 5.99. The summed E-state index contributed by atoms with van der Waals surface area (Å²) in [7, 11) is 0. The van der Waals surface area contributed by atoms with Crippen LogP contribution in [0.2, 0.25) is 0 Å². The van der Waals surface area contributed by atoms with Gasteiger partial charge in [-0.2, -0.15) is 0 Å². The average Bonchev–Trinajstić information content (AvgIpc) is 3.83. The van der Waals surface area contributed by atoms with Crippen molar-refractivity contribution in [3.05, 3.63) is 191 Å². The van der Waals surface area contributed by atoms with Crippen molar-refractivity contribution in [3.8, 4) is 39.1 Å². The second-order valence-electron chi connectivity index (χ2n) is 15.7. The Bertz CT molecular complexity index is 3490. The van der Waals surface area contributed by atoms with Crippen LogP contribution in [0.25, 0.3) is 98.8 Å². The molecule has 3 heteroatoms. The number of benzene rings is 8. The van der Waals surface area contributed by atoms with Crippen LogP contribution in [0.15, 0.2) is 175 Å². The van der Waals surface area contributed by atoms with Gasteiger partial charge in [0.05, 0.1) is 22.1 Å². The van der Waals surface area contributed by atoms with E-state index in [1.807, 2.05) is 22.6 Å². The average molecular weight is 703 g/mol. The molecule has 0 aliphatic heterocycles. The summed E-state index contributed by atoms with van der Waals surface area (Å²) in [6, 6.07) is 61.1. The van der Waals surface area contributed by atoms with Crippen molar-refractivity contribution in [2.45, 2.75) is 19.3 Å². The van der Waals surface area contributed by atoms with Crippen molar-refractivity contribution >= 4 is 59.8 Å². The van der Waals surface area contributed by atoms with Crippen molar-refractivity contribution in [2.75, 3.05) is 0 Å². The van der Waals surface area contributed by atoms with Crippen molar-refractivity contribution in [2.24, 2.45) is 0 Å². The summed E-state index contributed by atoms with van der Waals surface area (Å²) >= 11 is 0. The third-order valence-electron chi connectivity index (χ3n) is 12.5. The van der Waals surface area contributed by atoms with Gasteiger partial charge < -0.3 is 4.57 Å². The second-order valence-corrected chi connectivity index (χ2v) is 15.7. The van der Waals surface area contributed by atoms with Gasteiger partial charge in [-0.25, -0.2) is 0 Å². The van der Waals surface area contributed by atoms with Crippen LogP contribution in [0.4, 0.5) is 0 Å². The summed E-state index contributed by atoms with van der Waals surface area (Å²) in [4.78, 5) is 13.9. The topological polar surface area (TPSA) is 26.4 Å². The molecule has 0 radical (unpaired) electrons. The monoisotopic (exact) mass is 702 g/mol. The van der Waals surface area contributed by atoms with Crippen molar-refractivity contribution < 1.29 is 0 Å². The lowest BCUT2D eigenvalue weighted by Crippen LogP contribution is -2.14. The molecule has 0 fully saturated rings. The molecule has 12 rings (SSSR count). The molecular weight excluding hydrogens is 669 g/mol. The SMILES string of the molecule is CC1(C)c2ccccc2-c2c1ccc1c2c2ccccc2n1-c1cccc(-c2cccc(-c3ccc4c(c3)c3cccc5c6ccccc6c(=O)n4c53)c2)c1. The fourth-order valence-electron chi connectivity index (χ4n) is 9.94. The first-order chi connectivity index (χ1) is 27.0. The first-order valence-corrected chi connectivity index (χ1v) is 19.1. The van der Waals surface area contributed by atoms with E-state index in [0.717, 1.165) is 65.9 Å². The van der Waals surface area contributed by atoms with Gasteiger partial charge in [0.2, 0.25) is 0 Å². The van der Waals surface area contributed by atoms with Crippen LogP contribution >= 0.6 is 0 Å². The maximum atomic E-state index is 13.9. The highest BCUT2D eigenvalue weighted by Crippen LogP contribution is 2.53. The number of fused-ring (bicyclic) bond motifs is 12. The van der Waals surface area contributed by atoms with Gasteiger partial charge in [-0.1, -0.05) is 135 Å². The van der Waals surface area contributed by atoms with E-state index in [9.17, 15) is 4.79 Å². The molecule has 0 saturated carbocycles. The quantitative estimate of drug-likeness (QED) is 0.168. The van der Waals surface area contributed by atoms with Crippen LogP contribution in [0, 0.1) is 0 Å². The molecular formula is C52H34N2O. The molecule has 8 aromatic carbocycles. The van der Waals surface area contributed by atoms with E-state index in [1.165, 1.54) is 44.1 Å². The van der Waals surface area contributed by atoms with E-state index in [0.29, 0.717) is 0 Å². The fourth-order valence-corrected chi connectivity index (χ4v) is 9.94. The van der Waals surface area contributed by atoms with Gasteiger partial charge in [0, 0.05) is 43.4 Å². The molecule has 3 nitrogen and oxygen atoms in total. The fraction of sp³-hybridized carbons (Fsp3) is 0.0577. The number of hydrogen-bond donors (Lipinski definition) is 0. The smallest absolute Gasteiger partial charge is 0.263 e. The predicted molar refractivity (Wildman–Crippen MR) is 230 cm³/mol. The standard InChI is InChI=1S/C52H34N2O/c1-52(2)43-22-7-5-18-40(43)48-44(52)25-27-47-49(48)41-19-6-8-23-45(41)53(47)35-15-10-14-33(29-35)31-12-9-13-32(28-31)34-24-26-46-42(30-34)38-21-11-20-37-36-16-3-4-17-39(36)51(55)54(46)50(37)38/h3-30H,1-2H3. The van der Waals surface area contributed by atoms with Crippen LogP contribution in [0.3, 0.4) is 0 Å². The van der Waals surface area contributed by atoms with E-state index >= 15 is 0 Å². The number of para-hydroxylation sites is 2. The largest absolute Gasteiger partial charge is 0.309 e. The maximum Gasteiger partial charge on any atom is 0.263 e. The minimum atomic E-state index is -0.0587. The minimum absolute atomic E-state index is 0.0326. The van der Waals surface area contributed by atoms with Crippen LogP contribution < -0.4 is 5.56 Å². The lowest BCUT2D eigenvalue weighted by molar-refractivity contribution is 0.661. The Balaban J connectivity index is 1.01. The molecule has 0 N–H and O–H groups in total. The van der Waals surface area contributed by atoms with Crippen LogP contribution in [-0.4, -0.2) is 8.97 Å². The molecule has 1 aliphatic carbocycles. The number of aromatic nitrogens is 2. The molecule has 0 amide bonds. The Labute approximate surface area is 317 Å². The molecule has 55 heavy (non-hydrogen) atoms. The summed E-state index contributed by atoms with van der Waals surface area (Å²) in [6.07, 6.45) is 0. The third-order valence-corrected chi connectivity index (χ3v) is 12.5. The molecule has 0 saturated heterocycles. The van der Waals surface area contributed by atoms with E-state index in [2.05, 4.69) is 170 Å². The highest BCUT2D eigenvalue weighted by Gasteiger charge is 2.37. The lowest BCUT2D eigenvalue weighted by atomic mass is 9.82. The predicted octanol–water partition coefficient (Wildman–Crippen LogP) is 12.9. The first-order valence-electron chi connectivity index (χ1n) is 19.1. The molecule has 0 unspecified atom stereocenters. The zero-order valence-electron chi connectivity index (χ0n) is 30.5. The lowest BCUT2D eigenvalue weighted by Gasteiger charge is -2.21. The first kappa shape index (κ1) is 30.5. The van der Waals surface area contributed by atoms with Gasteiger partial charge in [0.25, 0.3) is 5.56 Å². The van der Waals surface area contributed by atoms with E-state index in [1.54, 1.807) is 0 Å². The van der Waals surface area contributed by atoms with Crippen LogP contribution in [0.5, 0.6) is 0 Å². The van der Waals surface area contributed by atoms with Crippen molar-refractivity contribution in [1.82, 2.24) is 8.97 Å². The Morgan fingerprint density at radius 1 is 0.436 bits per heavy atom. The highest BCUT2D eigenvalue weighted by molar-refractivity contribution is 6.21. The minimum Gasteiger partial charge on any atom is -0.309 e. The molecule has 1 aliphatic rings. The Morgan fingerprint density at radius 3 is 1.89 bits per heavy atom. The van der Waals surface area contributed by atoms with Gasteiger partial charge in [-0.15, -0.1) is 0 Å². The maximum absolute atomic E-state index is 13.9. The molecule has 3 aromatic heterocycles. The third kappa shape index (κ3) is 4.02. The van der Waals surface area contributed by atoms with E-state index < -0.39 is 0 Å². The molecule has 258 valence electrons. The summed E-state index contributed by atoms with van der Waals surface area (Å²) in [5, 5.41) is 7.65. The number of hydrogen-bond acceptors (Lipinski definition) is 1. The van der Waals surface area contributed by atoms with Crippen LogP contribution in [0.1, 0.15) is 25.0 Å². The molecule has 0 atom stereocenters. The zero-order valence-corrected chi connectivity index (χ0v) is 30.5. The van der Waals surface area contributed by atoms with Gasteiger partial charge in [-0.05, 0) is 98.4 Å². The van der Waals surface area contributed by atoms with E-state index in [4.69, 9.17) is 0 Å². The van der Waals surface area contributed by atoms with Gasteiger partial charge >= 0.3 is 0 Å². The zero-order chi connectivity index (χ0) is 36.6. The number of nitrogens with zero attached hydrogens (tertiary/aromatic N) is 2. The molecule has 11 aromatic rings. The summed E-state index contributed by atoms with van der Waals surface area (Å²) < 4.78 is 4.35. The van der Waals surface area contributed by atoms with Gasteiger partial charge in [0.15, 0.2) is 0 Å². The Morgan fingerprint density at radius 2 is 1.05 bits per heavy atom. The normalized spacial score (nSPS) is 13.5. The molecule has 3 heterocycles. The summed E-state index contributed by atoms with van der Waals surface area (Å²) in [5.41, 5.74) is 15.6. The number of pyridine rings is 1. The molecule has 0 bridgehead atoms. The second kappa shape index (κ2) is 10.8. The van der Waals surface area contributed by atoms with Crippen LogP contribution in [-0.2, 0) is 5.41 Å². The Hall–Kier alpha value is -6.97. The van der Waals surface area contributed by atoms with E-state index in [-0.39, 0.29) is 11.0 Å². The van der Waals surface area contributed by atoms with Gasteiger partial charge in [-0.3, -0.25) is 9.20 Å². The van der Waals surface area contributed by atoms with Crippen molar-refractivity contribution in [1.29, 1.82) is 0 Å². The number of rotatable bonds is 3. The highest BCUT2D eigenvalue weighted by atomic mass is 16.1. The summed E-state index contributed by atoms with van der Waals surface area (Å²) in [5.74, 6) is 0. The molecule has 0 spiro atoms. The van der Waals surface area contributed by atoms with Crippen molar-refractivity contribution in [3.63, 3.8) is 0 Å². The van der Waals surface area contributed by atoms with Gasteiger partial charge in [0.1, 0.15) is 0 Å².